The Morgan fingerprint density at radius 3 is 2.25 bits per heavy atom. The SMILES string of the molecule is CC1(c2ccc3ccccc3c2)c2ccccc2C(C2=Cc3ccccc3CC2)=C2C=CC(c3ccc(-c4nc5ccccc5n4-c4ccccc4)cc3)=CC21. The molecule has 2 heteroatoms. The van der Waals surface area contributed by atoms with Gasteiger partial charge in [-0.2, -0.15) is 0 Å². The normalized spacial score (nSPS) is 18.6. The number of aromatic nitrogens is 2. The Morgan fingerprint density at radius 2 is 1.36 bits per heavy atom. The summed E-state index contributed by atoms with van der Waals surface area (Å²) in [7, 11) is 0. The first-order chi connectivity index (χ1) is 27.6. The highest BCUT2D eigenvalue weighted by molar-refractivity contribution is 5.95. The maximum Gasteiger partial charge on any atom is 0.145 e. The zero-order chi connectivity index (χ0) is 37.2. The molecule has 8 aromatic rings. The van der Waals surface area contributed by atoms with Gasteiger partial charge in [0.15, 0.2) is 0 Å². The Bertz CT molecular complexity index is 2970. The van der Waals surface area contributed by atoms with E-state index in [2.05, 4.69) is 206 Å². The highest BCUT2D eigenvalue weighted by Crippen LogP contribution is 2.56. The predicted molar refractivity (Wildman–Crippen MR) is 234 cm³/mol. The predicted octanol–water partition coefficient (Wildman–Crippen LogP) is 13.2. The summed E-state index contributed by atoms with van der Waals surface area (Å²) in [6.45, 7) is 2.48. The highest BCUT2D eigenvalue weighted by atomic mass is 15.1. The number of fused-ring (bicyclic) bond motifs is 5. The van der Waals surface area contributed by atoms with Crippen LogP contribution in [0.5, 0.6) is 0 Å². The van der Waals surface area contributed by atoms with Gasteiger partial charge in [0.2, 0.25) is 0 Å². The number of imidazole rings is 1. The fraction of sp³-hybridized carbons (Fsp3) is 0.0926. The van der Waals surface area contributed by atoms with Crippen molar-refractivity contribution < 1.29 is 0 Å². The maximum atomic E-state index is 5.14. The van der Waals surface area contributed by atoms with E-state index in [0.717, 1.165) is 41.0 Å². The van der Waals surface area contributed by atoms with Gasteiger partial charge in [0.1, 0.15) is 5.82 Å². The number of para-hydroxylation sites is 3. The van der Waals surface area contributed by atoms with Crippen molar-refractivity contribution >= 4 is 39.0 Å². The molecule has 1 aromatic heterocycles. The molecule has 0 spiro atoms. The Balaban J connectivity index is 1.07. The van der Waals surface area contributed by atoms with Gasteiger partial charge in [-0.1, -0.05) is 177 Å². The fourth-order valence-electron chi connectivity index (χ4n) is 9.70. The molecule has 11 rings (SSSR count). The van der Waals surface area contributed by atoms with Crippen molar-refractivity contribution in [2.45, 2.75) is 25.2 Å². The van der Waals surface area contributed by atoms with Crippen LogP contribution in [-0.4, -0.2) is 9.55 Å². The minimum Gasteiger partial charge on any atom is -0.292 e. The molecular formula is C54H40N2. The first-order valence-electron chi connectivity index (χ1n) is 19.8. The molecule has 0 N–H and O–H groups in total. The minimum absolute atomic E-state index is 0.119. The van der Waals surface area contributed by atoms with Crippen molar-refractivity contribution in [3.05, 3.63) is 233 Å². The molecule has 0 saturated heterocycles. The summed E-state index contributed by atoms with van der Waals surface area (Å²) in [6.07, 6.45) is 11.9. The van der Waals surface area contributed by atoms with Gasteiger partial charge in [-0.15, -0.1) is 0 Å². The maximum absolute atomic E-state index is 5.14. The van der Waals surface area contributed by atoms with Gasteiger partial charge in [0, 0.05) is 22.6 Å². The Morgan fingerprint density at radius 1 is 0.625 bits per heavy atom. The van der Waals surface area contributed by atoms with Crippen LogP contribution >= 0.6 is 0 Å². The lowest BCUT2D eigenvalue weighted by atomic mass is 9.56. The van der Waals surface area contributed by atoms with Crippen LogP contribution < -0.4 is 0 Å². The van der Waals surface area contributed by atoms with E-state index in [1.54, 1.807) is 0 Å². The van der Waals surface area contributed by atoms with E-state index < -0.39 is 0 Å². The van der Waals surface area contributed by atoms with Gasteiger partial charge in [0.25, 0.3) is 0 Å². The molecule has 0 bridgehead atoms. The molecule has 0 aliphatic heterocycles. The van der Waals surface area contributed by atoms with E-state index in [-0.39, 0.29) is 11.3 Å². The number of nitrogens with zero attached hydrogens (tertiary/aromatic N) is 2. The van der Waals surface area contributed by atoms with Gasteiger partial charge < -0.3 is 0 Å². The molecule has 56 heavy (non-hydrogen) atoms. The van der Waals surface area contributed by atoms with Gasteiger partial charge in [-0.25, -0.2) is 4.98 Å². The van der Waals surface area contributed by atoms with Crippen LogP contribution in [0.3, 0.4) is 0 Å². The van der Waals surface area contributed by atoms with E-state index in [4.69, 9.17) is 4.98 Å². The second-order valence-corrected chi connectivity index (χ2v) is 15.6. The van der Waals surface area contributed by atoms with Gasteiger partial charge in [-0.05, 0) is 104 Å². The van der Waals surface area contributed by atoms with E-state index in [1.165, 1.54) is 66.4 Å². The Kier molecular flexibility index (Phi) is 7.53. The number of benzene rings is 7. The average molecular weight is 717 g/mol. The molecule has 2 unspecified atom stereocenters. The molecular weight excluding hydrogens is 677 g/mol. The van der Waals surface area contributed by atoms with Crippen LogP contribution in [0.4, 0.5) is 0 Å². The minimum atomic E-state index is -0.302. The second-order valence-electron chi connectivity index (χ2n) is 15.6. The van der Waals surface area contributed by atoms with Crippen molar-refractivity contribution in [3.8, 4) is 17.1 Å². The summed E-state index contributed by atoms with van der Waals surface area (Å²) in [5.41, 5.74) is 17.6. The molecule has 2 nitrogen and oxygen atoms in total. The molecule has 2 atom stereocenters. The molecule has 266 valence electrons. The standard InChI is InChI=1S/C54H40N2/c1-54(44-31-29-37-14-6-8-16-41(37)34-44)48-20-10-9-19-46(48)52(43-28-25-36-13-5-7-15-40(36)33-43)47-32-30-42(35-49(47)54)38-23-26-39(27-24-38)53-55-50-21-11-12-22-51(50)56(53)45-17-3-2-4-18-45/h2-24,26-27,29-35,49H,25,28H2,1H3. The lowest BCUT2D eigenvalue weighted by molar-refractivity contribution is 0.464. The number of rotatable bonds is 5. The second kappa shape index (κ2) is 12.9. The molecule has 3 aliphatic rings. The van der Waals surface area contributed by atoms with Crippen LogP contribution in [-0.2, 0) is 11.8 Å². The Labute approximate surface area is 328 Å². The van der Waals surface area contributed by atoms with Crippen LogP contribution in [0.2, 0.25) is 0 Å². The zero-order valence-corrected chi connectivity index (χ0v) is 31.4. The van der Waals surface area contributed by atoms with Crippen molar-refractivity contribution in [2.24, 2.45) is 5.92 Å². The third-order valence-electron chi connectivity index (χ3n) is 12.6. The first-order valence-corrected chi connectivity index (χ1v) is 19.8. The lowest BCUT2D eigenvalue weighted by Crippen LogP contribution is -2.38. The third-order valence-corrected chi connectivity index (χ3v) is 12.6. The molecule has 0 saturated carbocycles. The smallest absolute Gasteiger partial charge is 0.145 e. The summed E-state index contributed by atoms with van der Waals surface area (Å²) < 4.78 is 2.27. The molecule has 0 amide bonds. The number of aryl methyl sites for hydroxylation is 1. The third kappa shape index (κ3) is 5.13. The summed E-state index contributed by atoms with van der Waals surface area (Å²) >= 11 is 0. The summed E-state index contributed by atoms with van der Waals surface area (Å²) in [5.74, 6) is 1.07. The largest absolute Gasteiger partial charge is 0.292 e. The quantitative estimate of drug-likeness (QED) is 0.173. The number of allylic oxidation sites excluding steroid dienone is 7. The highest BCUT2D eigenvalue weighted by Gasteiger charge is 2.45. The van der Waals surface area contributed by atoms with Gasteiger partial charge in [0.05, 0.1) is 11.0 Å². The van der Waals surface area contributed by atoms with Crippen LogP contribution in [0.1, 0.15) is 46.7 Å². The molecule has 0 fully saturated rings. The summed E-state index contributed by atoms with van der Waals surface area (Å²) in [6, 6.07) is 62.0. The summed E-state index contributed by atoms with van der Waals surface area (Å²) in [5, 5.41) is 2.55. The monoisotopic (exact) mass is 716 g/mol. The van der Waals surface area contributed by atoms with Crippen LogP contribution in [0.25, 0.3) is 56.1 Å². The van der Waals surface area contributed by atoms with E-state index >= 15 is 0 Å². The van der Waals surface area contributed by atoms with E-state index in [9.17, 15) is 0 Å². The van der Waals surface area contributed by atoms with E-state index in [0.29, 0.717) is 0 Å². The fourth-order valence-corrected chi connectivity index (χ4v) is 9.70. The van der Waals surface area contributed by atoms with Gasteiger partial charge >= 0.3 is 0 Å². The molecule has 1 heterocycles. The average Bonchev–Trinajstić information content (AvgIpc) is 3.66. The lowest BCUT2D eigenvalue weighted by Gasteiger charge is -2.46. The molecule has 3 aliphatic carbocycles. The van der Waals surface area contributed by atoms with Crippen LogP contribution in [0, 0.1) is 5.92 Å². The number of hydrogen-bond acceptors (Lipinski definition) is 1. The van der Waals surface area contributed by atoms with Crippen LogP contribution in [0.15, 0.2) is 199 Å². The van der Waals surface area contributed by atoms with Gasteiger partial charge in [-0.3, -0.25) is 4.57 Å². The number of hydrogen-bond donors (Lipinski definition) is 0. The first kappa shape index (κ1) is 32.6. The topological polar surface area (TPSA) is 17.8 Å². The summed E-state index contributed by atoms with van der Waals surface area (Å²) in [4.78, 5) is 5.14. The zero-order valence-electron chi connectivity index (χ0n) is 31.4. The van der Waals surface area contributed by atoms with Crippen molar-refractivity contribution in [3.63, 3.8) is 0 Å². The van der Waals surface area contributed by atoms with Crippen molar-refractivity contribution in [1.82, 2.24) is 9.55 Å². The van der Waals surface area contributed by atoms with E-state index in [1.807, 2.05) is 0 Å². The molecule has 0 radical (unpaired) electrons. The molecule has 7 aromatic carbocycles. The van der Waals surface area contributed by atoms with Crippen molar-refractivity contribution in [2.75, 3.05) is 0 Å². The Hall–Kier alpha value is -6.77. The van der Waals surface area contributed by atoms with Crippen molar-refractivity contribution in [1.29, 1.82) is 0 Å².